The third kappa shape index (κ3) is 7.89. The van der Waals surface area contributed by atoms with Crippen molar-refractivity contribution in [3.8, 4) is 0 Å². The van der Waals surface area contributed by atoms with E-state index in [0.717, 1.165) is 18.9 Å². The molecule has 0 rings (SSSR count). The fourth-order valence-corrected chi connectivity index (χ4v) is 1.71. The lowest BCUT2D eigenvalue weighted by Gasteiger charge is -2.09. The quantitative estimate of drug-likeness (QED) is 0.357. The van der Waals surface area contributed by atoms with Crippen molar-refractivity contribution in [2.45, 2.75) is 33.6 Å². The molecule has 0 radical (unpaired) electrons. The molecule has 0 aromatic heterocycles. The lowest BCUT2D eigenvalue weighted by Crippen LogP contribution is -2.16. The van der Waals surface area contributed by atoms with Crippen molar-refractivity contribution in [1.82, 2.24) is 5.32 Å². The maximum atomic E-state index is 11.2. The fraction of sp³-hybridized carbons (Fsp3) is 0.462. The van der Waals surface area contributed by atoms with Crippen molar-refractivity contribution in [3.63, 3.8) is 0 Å². The van der Waals surface area contributed by atoms with Crippen LogP contribution in [0.5, 0.6) is 0 Å². The lowest BCUT2D eigenvalue weighted by atomic mass is 10.2. The summed E-state index contributed by atoms with van der Waals surface area (Å²) in [5, 5.41) is 17.5. The fourth-order valence-electron chi connectivity index (χ4n) is 1.29. The zero-order valence-corrected chi connectivity index (χ0v) is 13.9. The highest BCUT2D eigenvalue weighted by Crippen LogP contribution is 2.13. The summed E-state index contributed by atoms with van der Waals surface area (Å²) < 4.78 is 22.3. The number of hydrogen-bond acceptors (Lipinski definition) is 4. The number of carboxylic acid groups (broad SMARTS) is 1. The summed E-state index contributed by atoms with van der Waals surface area (Å²) in [7, 11) is -3.92. The minimum Gasteiger partial charge on any atom is -0.478 e. The second-order valence-corrected chi connectivity index (χ2v) is 6.73. The van der Waals surface area contributed by atoms with E-state index in [1.807, 2.05) is 6.92 Å². The van der Waals surface area contributed by atoms with E-state index in [2.05, 4.69) is 5.32 Å². The molecule has 0 aromatic carbocycles. The first-order valence-electron chi connectivity index (χ1n) is 6.36. The number of carbonyl (C=O) groups is 1. The van der Waals surface area contributed by atoms with Gasteiger partial charge in [0.1, 0.15) is 0 Å². The molecule has 0 spiro atoms. The Bertz CT molecular complexity index is 573. The number of hydrogen-bond donors (Lipinski definition) is 3. The Hall–Kier alpha value is -1.31. The maximum absolute atomic E-state index is 11.2. The Morgan fingerprint density at radius 2 is 1.90 bits per heavy atom. The molecule has 0 aliphatic heterocycles. The van der Waals surface area contributed by atoms with Crippen molar-refractivity contribution >= 4 is 27.6 Å². The van der Waals surface area contributed by atoms with Crippen LogP contribution in [0.2, 0.25) is 0 Å². The molecule has 0 aliphatic carbocycles. The van der Waals surface area contributed by atoms with E-state index in [-0.39, 0.29) is 10.5 Å². The van der Waals surface area contributed by atoms with Gasteiger partial charge in [-0.05, 0) is 32.4 Å². The molecule has 0 saturated carbocycles. The van der Waals surface area contributed by atoms with Crippen molar-refractivity contribution in [1.29, 1.82) is 0 Å². The van der Waals surface area contributed by atoms with Crippen LogP contribution in [-0.4, -0.2) is 26.0 Å². The van der Waals surface area contributed by atoms with Crippen LogP contribution >= 0.6 is 11.6 Å². The highest BCUT2D eigenvalue weighted by molar-refractivity contribution is 7.93. The van der Waals surface area contributed by atoms with E-state index in [1.54, 1.807) is 6.92 Å². The van der Waals surface area contributed by atoms with Crippen LogP contribution in [0.4, 0.5) is 0 Å². The van der Waals surface area contributed by atoms with Gasteiger partial charge in [-0.1, -0.05) is 24.9 Å². The molecule has 21 heavy (non-hydrogen) atoms. The molecule has 0 bridgehead atoms. The summed E-state index contributed by atoms with van der Waals surface area (Å²) in [5.41, 5.74) is 0.210. The number of halogens is 1. The Kier molecular flexibility index (Phi) is 8.31. The molecule has 4 N–H and O–H groups in total. The third-order valence-electron chi connectivity index (χ3n) is 2.57. The smallest absolute Gasteiger partial charge is 0.335 e. The molecular weight excluding hydrogens is 316 g/mol. The van der Waals surface area contributed by atoms with Crippen molar-refractivity contribution in [2.24, 2.45) is 5.14 Å². The minimum absolute atomic E-state index is 0.222. The van der Waals surface area contributed by atoms with E-state index in [4.69, 9.17) is 21.8 Å². The van der Waals surface area contributed by atoms with E-state index >= 15 is 0 Å². The van der Waals surface area contributed by atoms with Gasteiger partial charge in [0.2, 0.25) is 10.0 Å². The van der Waals surface area contributed by atoms with E-state index in [0.29, 0.717) is 17.3 Å². The molecule has 0 saturated heterocycles. The highest BCUT2D eigenvalue weighted by atomic mass is 35.5. The largest absolute Gasteiger partial charge is 0.478 e. The topological polar surface area (TPSA) is 109 Å². The number of unbranched alkanes of at least 4 members (excludes halogenated alkanes) is 1. The van der Waals surface area contributed by atoms with E-state index < -0.39 is 16.0 Å². The second kappa shape index (κ2) is 8.86. The highest BCUT2D eigenvalue weighted by Gasteiger charge is 2.12. The Labute approximate surface area is 130 Å². The van der Waals surface area contributed by atoms with Crippen molar-refractivity contribution in [3.05, 3.63) is 33.4 Å². The minimum atomic E-state index is -3.92. The predicted octanol–water partition coefficient (Wildman–Crippen LogP) is 2.05. The summed E-state index contributed by atoms with van der Waals surface area (Å²) in [5.74, 6) is -1.27. The zero-order chi connectivity index (χ0) is 16.6. The number of nitrogens with one attached hydrogen (secondary N) is 1. The van der Waals surface area contributed by atoms with Gasteiger partial charge < -0.3 is 10.4 Å². The van der Waals surface area contributed by atoms with Crippen LogP contribution in [0.25, 0.3) is 0 Å². The van der Waals surface area contributed by atoms with Crippen LogP contribution < -0.4 is 10.5 Å². The van der Waals surface area contributed by atoms with Gasteiger partial charge in [-0.15, -0.1) is 0 Å². The Balaban J connectivity index is 5.54. The molecule has 0 amide bonds. The summed E-state index contributed by atoms with van der Waals surface area (Å²) >= 11 is 5.91. The summed E-state index contributed by atoms with van der Waals surface area (Å²) in [6, 6.07) is 0. The van der Waals surface area contributed by atoms with Gasteiger partial charge in [0.05, 0.1) is 10.5 Å². The van der Waals surface area contributed by atoms with Crippen molar-refractivity contribution in [2.75, 3.05) is 6.54 Å². The zero-order valence-electron chi connectivity index (χ0n) is 12.3. The third-order valence-corrected chi connectivity index (χ3v) is 3.79. The summed E-state index contributed by atoms with van der Waals surface area (Å²) in [4.78, 5) is 11.0. The normalized spacial score (nSPS) is 14.7. The first-order chi connectivity index (χ1) is 9.59. The standard InChI is InChI=1S/C13H21ClN2O4S/c1-4-5-6-16-12(10(3)14)8-11(13(17)18)7-9(2)21(15,19)20/h7-8,16H,4-6H2,1-3H3,(H,17,18)(H2,15,19,20)/b9-7+,11-8+,12-10-. The van der Waals surface area contributed by atoms with Crippen LogP contribution in [0.3, 0.4) is 0 Å². The number of sulfonamides is 1. The van der Waals surface area contributed by atoms with E-state index in [9.17, 15) is 13.2 Å². The molecule has 0 aromatic rings. The van der Waals surface area contributed by atoms with Gasteiger partial charge in [0, 0.05) is 17.3 Å². The first-order valence-corrected chi connectivity index (χ1v) is 8.28. The molecule has 0 heterocycles. The number of aliphatic carboxylic acids is 1. The van der Waals surface area contributed by atoms with Gasteiger partial charge in [0.15, 0.2) is 0 Å². The number of nitrogens with two attached hydrogens (primary N) is 1. The van der Waals surface area contributed by atoms with Crippen LogP contribution in [0, 0.1) is 0 Å². The lowest BCUT2D eigenvalue weighted by molar-refractivity contribution is -0.132. The van der Waals surface area contributed by atoms with Crippen molar-refractivity contribution < 1.29 is 18.3 Å². The van der Waals surface area contributed by atoms with Crippen LogP contribution in [-0.2, 0) is 14.8 Å². The predicted molar refractivity (Wildman–Crippen MR) is 84.0 cm³/mol. The number of carboxylic acids is 1. The molecular formula is C13H21ClN2O4S. The number of primary sulfonamides is 1. The molecule has 0 fully saturated rings. The average molecular weight is 337 g/mol. The second-order valence-electron chi connectivity index (χ2n) is 4.43. The van der Waals surface area contributed by atoms with Gasteiger partial charge in [-0.25, -0.2) is 18.4 Å². The molecule has 0 atom stereocenters. The summed E-state index contributed by atoms with van der Waals surface area (Å²) in [6.07, 6.45) is 4.16. The Morgan fingerprint density at radius 3 is 2.29 bits per heavy atom. The number of rotatable bonds is 8. The first kappa shape index (κ1) is 19.7. The molecule has 0 unspecified atom stereocenters. The number of allylic oxidation sites excluding steroid dienone is 3. The van der Waals surface area contributed by atoms with Gasteiger partial charge >= 0.3 is 5.97 Å². The van der Waals surface area contributed by atoms with E-state index in [1.165, 1.54) is 13.0 Å². The molecule has 6 nitrogen and oxygen atoms in total. The SMILES string of the molecule is CCCCNC(/C=C(\C=C(/C)S(N)(=O)=O)C(=O)O)=C(/C)Cl. The van der Waals surface area contributed by atoms with Gasteiger partial charge in [0.25, 0.3) is 0 Å². The maximum Gasteiger partial charge on any atom is 0.335 e. The molecule has 8 heteroatoms. The molecule has 120 valence electrons. The molecule has 0 aliphatic rings. The van der Waals surface area contributed by atoms with Gasteiger partial charge in [-0.3, -0.25) is 0 Å². The van der Waals surface area contributed by atoms with Gasteiger partial charge in [-0.2, -0.15) is 0 Å². The van der Waals surface area contributed by atoms with Crippen LogP contribution in [0.1, 0.15) is 33.6 Å². The Morgan fingerprint density at radius 1 is 1.33 bits per heavy atom. The monoisotopic (exact) mass is 336 g/mol. The summed E-state index contributed by atoms with van der Waals surface area (Å²) in [6.45, 7) is 5.50. The average Bonchev–Trinajstić information content (AvgIpc) is 2.34. The van der Waals surface area contributed by atoms with Crippen LogP contribution in [0.15, 0.2) is 33.4 Å².